The van der Waals surface area contributed by atoms with E-state index >= 15 is 0 Å². The number of halogens is 5. The highest BCUT2D eigenvalue weighted by molar-refractivity contribution is 9.10. The lowest BCUT2D eigenvalue weighted by Gasteiger charge is -2.12. The van der Waals surface area contributed by atoms with Crippen molar-refractivity contribution in [2.24, 2.45) is 5.16 Å². The number of anilines is 1. The lowest BCUT2D eigenvalue weighted by atomic mass is 10.0. The fourth-order valence-electron chi connectivity index (χ4n) is 2.23. The number of carbonyl (C=O) groups is 1. The molecule has 1 atom stereocenters. The van der Waals surface area contributed by atoms with Gasteiger partial charge in [0.1, 0.15) is 5.82 Å². The molecule has 1 aliphatic heterocycles. The summed E-state index contributed by atoms with van der Waals surface area (Å²) in [6, 6.07) is 6.65. The van der Waals surface area contributed by atoms with E-state index in [4.69, 9.17) is 28.0 Å². The van der Waals surface area contributed by atoms with Crippen LogP contribution in [0.3, 0.4) is 0 Å². The van der Waals surface area contributed by atoms with Gasteiger partial charge in [0.15, 0.2) is 5.82 Å². The van der Waals surface area contributed by atoms with Crippen molar-refractivity contribution in [3.05, 3.63) is 62.0 Å². The predicted octanol–water partition coefficient (Wildman–Crippen LogP) is 5.17. The first-order chi connectivity index (χ1) is 11.8. The molecule has 0 saturated heterocycles. The first kappa shape index (κ1) is 18.1. The van der Waals surface area contributed by atoms with Gasteiger partial charge in [-0.05, 0) is 34.1 Å². The molecule has 0 fully saturated rings. The molecular weight excluding hydrogens is 441 g/mol. The molecule has 0 spiro atoms. The lowest BCUT2D eigenvalue weighted by Crippen LogP contribution is -2.28. The van der Waals surface area contributed by atoms with Crippen molar-refractivity contribution in [3.63, 3.8) is 0 Å². The maximum absolute atomic E-state index is 13.8. The van der Waals surface area contributed by atoms with Gasteiger partial charge in [0, 0.05) is 22.5 Å². The van der Waals surface area contributed by atoms with Crippen molar-refractivity contribution in [1.29, 1.82) is 0 Å². The third-order valence-corrected chi connectivity index (χ3v) is 4.83. The summed E-state index contributed by atoms with van der Waals surface area (Å²) in [7, 11) is 0. The summed E-state index contributed by atoms with van der Waals surface area (Å²) in [6.45, 7) is 0. The molecule has 0 saturated carbocycles. The average Bonchev–Trinajstić information content (AvgIpc) is 3.03. The predicted molar refractivity (Wildman–Crippen MR) is 95.2 cm³/mol. The molecule has 1 aliphatic rings. The fourth-order valence-corrected chi connectivity index (χ4v) is 3.03. The van der Waals surface area contributed by atoms with Crippen LogP contribution in [0, 0.1) is 11.6 Å². The van der Waals surface area contributed by atoms with Gasteiger partial charge in [-0.2, -0.15) is 0 Å². The Hall–Kier alpha value is -1.70. The minimum Gasteiger partial charge on any atom is -0.382 e. The Morgan fingerprint density at radius 1 is 1.24 bits per heavy atom. The Morgan fingerprint density at radius 2 is 2.00 bits per heavy atom. The molecule has 130 valence electrons. The molecule has 2 aromatic carbocycles. The molecule has 1 amide bonds. The van der Waals surface area contributed by atoms with Crippen molar-refractivity contribution < 1.29 is 18.4 Å². The number of amides is 1. The monoisotopic (exact) mass is 448 g/mol. The van der Waals surface area contributed by atoms with Gasteiger partial charge in [-0.1, -0.05) is 34.4 Å². The van der Waals surface area contributed by atoms with Crippen LogP contribution >= 0.6 is 39.1 Å². The van der Waals surface area contributed by atoms with Gasteiger partial charge in [-0.3, -0.25) is 4.79 Å². The van der Waals surface area contributed by atoms with Gasteiger partial charge in [0.25, 0.3) is 5.91 Å². The van der Waals surface area contributed by atoms with Crippen molar-refractivity contribution in [1.82, 2.24) is 0 Å². The normalized spacial score (nSPS) is 16.4. The summed E-state index contributed by atoms with van der Waals surface area (Å²) in [5.41, 5.74) is 1.01. The number of carbonyl (C=O) groups excluding carboxylic acids is 1. The lowest BCUT2D eigenvalue weighted by molar-refractivity contribution is -0.125. The van der Waals surface area contributed by atoms with Gasteiger partial charge in [-0.15, -0.1) is 0 Å². The SMILES string of the molecule is O=C(Nc1c(F)cc(F)cc1Br)[C@H]1CC(c2ccc(Cl)c(Cl)c2)=NO1. The second kappa shape index (κ2) is 7.27. The van der Waals surface area contributed by atoms with Crippen molar-refractivity contribution in [2.45, 2.75) is 12.5 Å². The van der Waals surface area contributed by atoms with Crippen LogP contribution in [0.5, 0.6) is 0 Å². The summed E-state index contributed by atoms with van der Waals surface area (Å²) in [6.07, 6.45) is -0.773. The molecule has 4 nitrogen and oxygen atoms in total. The van der Waals surface area contributed by atoms with Crippen LogP contribution in [-0.2, 0) is 9.63 Å². The van der Waals surface area contributed by atoms with Crippen LogP contribution in [-0.4, -0.2) is 17.7 Å². The van der Waals surface area contributed by atoms with E-state index in [2.05, 4.69) is 26.4 Å². The molecule has 0 bridgehead atoms. The average molecular weight is 450 g/mol. The molecule has 0 unspecified atom stereocenters. The fraction of sp³-hybridized carbons (Fsp3) is 0.125. The second-order valence-corrected chi connectivity index (χ2v) is 6.87. The van der Waals surface area contributed by atoms with E-state index in [-0.39, 0.29) is 16.6 Å². The number of benzene rings is 2. The van der Waals surface area contributed by atoms with Gasteiger partial charge in [0.05, 0.1) is 21.4 Å². The van der Waals surface area contributed by atoms with Gasteiger partial charge in [0.2, 0.25) is 6.10 Å². The Labute approximate surface area is 159 Å². The van der Waals surface area contributed by atoms with Crippen LogP contribution in [0.15, 0.2) is 40.0 Å². The Morgan fingerprint density at radius 3 is 2.68 bits per heavy atom. The smallest absolute Gasteiger partial charge is 0.268 e. The maximum atomic E-state index is 13.8. The maximum Gasteiger partial charge on any atom is 0.268 e. The highest BCUT2D eigenvalue weighted by Crippen LogP contribution is 2.29. The van der Waals surface area contributed by atoms with Crippen molar-refractivity contribution in [3.8, 4) is 0 Å². The molecule has 2 aromatic rings. The minimum atomic E-state index is -0.944. The van der Waals surface area contributed by atoms with Gasteiger partial charge < -0.3 is 10.2 Å². The van der Waals surface area contributed by atoms with Crippen LogP contribution in [0.1, 0.15) is 12.0 Å². The van der Waals surface area contributed by atoms with E-state index < -0.39 is 23.6 Å². The molecule has 3 rings (SSSR count). The Balaban J connectivity index is 1.71. The summed E-state index contributed by atoms with van der Waals surface area (Å²) in [4.78, 5) is 17.4. The number of oxime groups is 1. The van der Waals surface area contributed by atoms with Crippen LogP contribution < -0.4 is 5.32 Å². The molecule has 9 heteroatoms. The molecule has 1 N–H and O–H groups in total. The van der Waals surface area contributed by atoms with E-state index in [0.29, 0.717) is 27.4 Å². The molecule has 25 heavy (non-hydrogen) atoms. The van der Waals surface area contributed by atoms with Crippen LogP contribution in [0.2, 0.25) is 10.0 Å². The molecule has 0 radical (unpaired) electrons. The first-order valence-corrected chi connectivity index (χ1v) is 8.53. The zero-order chi connectivity index (χ0) is 18.1. The summed E-state index contributed by atoms with van der Waals surface area (Å²) in [5.74, 6) is -2.27. The van der Waals surface area contributed by atoms with E-state index in [9.17, 15) is 13.6 Å². The third kappa shape index (κ3) is 3.94. The molecular formula is C16H9BrCl2F2N2O2. The van der Waals surface area contributed by atoms with Gasteiger partial charge >= 0.3 is 0 Å². The summed E-state index contributed by atoms with van der Waals surface area (Å²) >= 11 is 14.8. The van der Waals surface area contributed by atoms with Crippen LogP contribution in [0.4, 0.5) is 14.5 Å². The molecule has 0 aromatic heterocycles. The van der Waals surface area contributed by atoms with E-state index in [1.807, 2.05) is 0 Å². The topological polar surface area (TPSA) is 50.7 Å². The number of hydrogen-bond acceptors (Lipinski definition) is 3. The largest absolute Gasteiger partial charge is 0.382 e. The molecule has 1 heterocycles. The number of hydrogen-bond donors (Lipinski definition) is 1. The Bertz CT molecular complexity index is 869. The zero-order valence-electron chi connectivity index (χ0n) is 12.3. The van der Waals surface area contributed by atoms with Gasteiger partial charge in [-0.25, -0.2) is 8.78 Å². The molecule has 0 aliphatic carbocycles. The van der Waals surface area contributed by atoms with E-state index in [1.165, 1.54) is 0 Å². The van der Waals surface area contributed by atoms with E-state index in [0.717, 1.165) is 6.07 Å². The number of rotatable bonds is 3. The van der Waals surface area contributed by atoms with Crippen LogP contribution in [0.25, 0.3) is 0 Å². The first-order valence-electron chi connectivity index (χ1n) is 6.98. The second-order valence-electron chi connectivity index (χ2n) is 5.20. The van der Waals surface area contributed by atoms with Crippen molar-refractivity contribution >= 4 is 56.4 Å². The highest BCUT2D eigenvalue weighted by Gasteiger charge is 2.30. The Kier molecular flexibility index (Phi) is 5.27. The summed E-state index contributed by atoms with van der Waals surface area (Å²) < 4.78 is 27.0. The highest BCUT2D eigenvalue weighted by atomic mass is 79.9. The zero-order valence-corrected chi connectivity index (χ0v) is 15.4. The summed E-state index contributed by atoms with van der Waals surface area (Å²) in [5, 5.41) is 6.99. The standard InChI is InChI=1S/C16H9BrCl2F2N2O2/c17-9-4-8(20)5-12(21)15(9)22-16(24)14-6-13(23-25-14)7-1-2-10(18)11(19)3-7/h1-5,14H,6H2,(H,22,24)/t14-/m1/s1. The van der Waals surface area contributed by atoms with Crippen molar-refractivity contribution in [2.75, 3.05) is 5.32 Å². The number of nitrogens with zero attached hydrogens (tertiary/aromatic N) is 1. The quantitative estimate of drug-likeness (QED) is 0.703. The third-order valence-electron chi connectivity index (χ3n) is 3.47. The number of nitrogens with one attached hydrogen (secondary N) is 1. The van der Waals surface area contributed by atoms with E-state index in [1.54, 1.807) is 18.2 Å². The minimum absolute atomic E-state index is 0.0852.